The van der Waals surface area contributed by atoms with E-state index < -0.39 is 18.5 Å². The number of alkyl halides is 6. The molecule has 2 aliphatic rings. The highest BCUT2D eigenvalue weighted by atomic mass is 19.4. The van der Waals surface area contributed by atoms with Crippen molar-refractivity contribution < 1.29 is 54.2 Å². The summed E-state index contributed by atoms with van der Waals surface area (Å²) in [4.78, 5) is 30.8. The number of hydrogen-bond acceptors (Lipinski definition) is 10. The van der Waals surface area contributed by atoms with E-state index in [1.165, 1.54) is 41.0 Å². The first-order chi connectivity index (χ1) is 27.2. The van der Waals surface area contributed by atoms with E-state index in [4.69, 9.17) is 13.6 Å². The van der Waals surface area contributed by atoms with E-state index in [2.05, 4.69) is 24.7 Å². The number of oxazole rings is 1. The Morgan fingerprint density at radius 1 is 0.807 bits per heavy atom. The predicted molar refractivity (Wildman–Crippen MR) is 191 cm³/mol. The van der Waals surface area contributed by atoms with Crippen LogP contribution in [0, 0.1) is 12.8 Å². The predicted octanol–water partition coefficient (Wildman–Crippen LogP) is 8.06. The molecule has 1 fully saturated rings. The van der Waals surface area contributed by atoms with Crippen LogP contribution in [-0.4, -0.2) is 58.1 Å². The van der Waals surface area contributed by atoms with E-state index in [1.54, 1.807) is 36.1 Å². The third-order valence-corrected chi connectivity index (χ3v) is 9.15. The van der Waals surface area contributed by atoms with Crippen molar-refractivity contribution >= 4 is 22.8 Å². The number of aryl methyl sites for hydroxylation is 1. The minimum Gasteiger partial charge on any atom is -0.426 e. The Morgan fingerprint density at radius 3 is 2.09 bits per heavy atom. The Hall–Kier alpha value is -6.17. The van der Waals surface area contributed by atoms with Crippen molar-refractivity contribution in [2.24, 2.45) is 5.92 Å². The van der Waals surface area contributed by atoms with Crippen LogP contribution in [0.15, 0.2) is 92.5 Å². The van der Waals surface area contributed by atoms with E-state index in [9.17, 15) is 35.9 Å². The van der Waals surface area contributed by atoms with Gasteiger partial charge in [-0.2, -0.15) is 0 Å². The standard InChI is InChI=1S/C20H16F3N3O3.C19H17F3N2O4/c1-12-24-25-18(28-12)8-9-26-17-10-14(2-3-15(17)11-19(26)27)13-4-6-16(7-5-13)29-20(21,22)23;20-19(21,22)28-14-5-3-13(4-6-14)15-7-8-16-17(23-15)24(18(25)27-16)10-12-2-1-9-26-11-12/h2-7,10H,8-9,11H2,1H3;3-8,12H,1-2,9-11H2/t;12-/m.0/s1. The van der Waals surface area contributed by atoms with Crippen LogP contribution in [0.2, 0.25) is 0 Å². The molecule has 12 nitrogen and oxygen atoms in total. The highest BCUT2D eigenvalue weighted by Gasteiger charge is 2.32. The zero-order chi connectivity index (χ0) is 40.3. The molecule has 0 spiro atoms. The monoisotopic (exact) mass is 797 g/mol. The van der Waals surface area contributed by atoms with E-state index in [1.807, 2.05) is 18.2 Å². The van der Waals surface area contributed by atoms with Crippen molar-refractivity contribution in [3.63, 3.8) is 0 Å². The number of rotatable bonds is 9. The number of carbonyl (C=O) groups is 1. The van der Waals surface area contributed by atoms with Crippen LogP contribution < -0.4 is 20.1 Å². The number of nitrogens with zero attached hydrogens (tertiary/aromatic N) is 5. The highest BCUT2D eigenvalue weighted by Crippen LogP contribution is 2.35. The Kier molecular flexibility index (Phi) is 11.1. The molecule has 0 bridgehead atoms. The smallest absolute Gasteiger partial charge is 0.426 e. The quantitative estimate of drug-likeness (QED) is 0.132. The van der Waals surface area contributed by atoms with Crippen LogP contribution in [0.5, 0.6) is 11.5 Å². The van der Waals surface area contributed by atoms with Gasteiger partial charge in [-0.1, -0.05) is 24.3 Å². The van der Waals surface area contributed by atoms with Gasteiger partial charge in [0, 0.05) is 50.2 Å². The van der Waals surface area contributed by atoms with E-state index >= 15 is 0 Å². The molecule has 0 unspecified atom stereocenters. The van der Waals surface area contributed by atoms with Crippen molar-refractivity contribution in [2.75, 3.05) is 24.7 Å². The summed E-state index contributed by atoms with van der Waals surface area (Å²) >= 11 is 0. The molecule has 0 N–H and O–H groups in total. The second-order valence-corrected chi connectivity index (χ2v) is 13.3. The van der Waals surface area contributed by atoms with Crippen LogP contribution in [0.25, 0.3) is 33.6 Å². The second-order valence-electron chi connectivity index (χ2n) is 13.3. The van der Waals surface area contributed by atoms with Gasteiger partial charge in [-0.05, 0) is 84.1 Å². The zero-order valence-electron chi connectivity index (χ0n) is 30.1. The lowest BCUT2D eigenvalue weighted by Gasteiger charge is -2.21. The van der Waals surface area contributed by atoms with Crippen LogP contribution in [0.1, 0.15) is 30.2 Å². The Balaban J connectivity index is 0.000000174. The number of anilines is 1. The molecule has 1 amide bonds. The molecule has 1 atom stereocenters. The van der Waals surface area contributed by atoms with E-state index in [0.29, 0.717) is 72.4 Å². The first-order valence-corrected chi connectivity index (χ1v) is 17.7. The van der Waals surface area contributed by atoms with Crippen LogP contribution in [-0.2, 0) is 28.9 Å². The number of benzene rings is 3. The van der Waals surface area contributed by atoms with Crippen LogP contribution >= 0.6 is 0 Å². The molecule has 57 heavy (non-hydrogen) atoms. The van der Waals surface area contributed by atoms with Gasteiger partial charge < -0.3 is 27.9 Å². The average Bonchev–Trinajstić information content (AvgIpc) is 3.83. The Labute approximate surface area is 319 Å². The van der Waals surface area contributed by atoms with Gasteiger partial charge in [-0.3, -0.25) is 9.36 Å². The molecule has 8 rings (SSSR count). The summed E-state index contributed by atoms with van der Waals surface area (Å²) in [5.74, 6) is 0.0235. The topological polar surface area (TPSA) is 135 Å². The molecule has 0 radical (unpaired) electrons. The fourth-order valence-corrected chi connectivity index (χ4v) is 6.58. The average molecular weight is 798 g/mol. The van der Waals surface area contributed by atoms with Gasteiger partial charge in [-0.25, -0.2) is 9.78 Å². The SMILES string of the molecule is Cc1nnc(CCN2C(=O)Cc3ccc(-c4ccc(OC(F)(F)F)cc4)cc32)o1.O=c1oc2ccc(-c3ccc(OC(F)(F)F)cc3)nc2n1C[C@@H]1CCCOC1. The van der Waals surface area contributed by atoms with Crippen molar-refractivity contribution in [1.82, 2.24) is 19.7 Å². The summed E-state index contributed by atoms with van der Waals surface area (Å²) in [6.07, 6.45) is -6.84. The molecule has 0 saturated carbocycles. The van der Waals surface area contributed by atoms with Crippen molar-refractivity contribution in [3.05, 3.63) is 107 Å². The minimum absolute atomic E-state index is 0.0256. The summed E-state index contributed by atoms with van der Waals surface area (Å²) in [5.41, 5.74) is 5.06. The molecule has 0 aliphatic carbocycles. The number of carbonyl (C=O) groups excluding carboxylic acids is 1. The maximum Gasteiger partial charge on any atom is 0.573 e. The van der Waals surface area contributed by atoms with E-state index in [0.717, 1.165) is 36.3 Å². The number of halogens is 6. The number of aromatic nitrogens is 4. The molecule has 2 aliphatic heterocycles. The van der Waals surface area contributed by atoms with Crippen LogP contribution in [0.3, 0.4) is 0 Å². The lowest BCUT2D eigenvalue weighted by molar-refractivity contribution is -0.275. The molecular weight excluding hydrogens is 764 g/mol. The summed E-state index contributed by atoms with van der Waals surface area (Å²) in [7, 11) is 0. The van der Waals surface area contributed by atoms with Crippen molar-refractivity contribution in [2.45, 2.75) is 51.9 Å². The second kappa shape index (κ2) is 16.1. The Morgan fingerprint density at radius 2 is 1.47 bits per heavy atom. The molecule has 298 valence electrons. The number of fused-ring (bicyclic) bond motifs is 2. The summed E-state index contributed by atoms with van der Waals surface area (Å²) in [6, 6.07) is 19.9. The fraction of sp³-hybridized carbons (Fsp3) is 0.308. The van der Waals surface area contributed by atoms with E-state index in [-0.39, 0.29) is 23.3 Å². The first-order valence-electron chi connectivity index (χ1n) is 17.7. The number of ether oxygens (including phenoxy) is 3. The minimum atomic E-state index is -4.74. The van der Waals surface area contributed by atoms with Crippen molar-refractivity contribution in [3.8, 4) is 33.9 Å². The van der Waals surface area contributed by atoms with Crippen LogP contribution in [0.4, 0.5) is 32.0 Å². The maximum atomic E-state index is 12.4. The number of pyridine rings is 1. The molecule has 5 heterocycles. The maximum absolute atomic E-state index is 12.4. The van der Waals surface area contributed by atoms with Gasteiger partial charge in [0.2, 0.25) is 17.7 Å². The summed E-state index contributed by atoms with van der Waals surface area (Å²) in [6.45, 7) is 3.85. The molecule has 3 aromatic carbocycles. The summed E-state index contributed by atoms with van der Waals surface area (Å²) in [5, 5.41) is 7.72. The van der Waals surface area contributed by atoms with Gasteiger partial charge >= 0.3 is 18.5 Å². The third-order valence-electron chi connectivity index (χ3n) is 9.15. The van der Waals surface area contributed by atoms with Gasteiger partial charge in [0.15, 0.2) is 11.2 Å². The highest BCUT2D eigenvalue weighted by molar-refractivity contribution is 6.02. The molecule has 6 aromatic rings. The number of amides is 1. The molecule has 1 saturated heterocycles. The lowest BCUT2D eigenvalue weighted by atomic mass is 10.0. The van der Waals surface area contributed by atoms with Crippen molar-refractivity contribution in [1.29, 1.82) is 0 Å². The molecule has 18 heteroatoms. The fourth-order valence-electron chi connectivity index (χ4n) is 6.58. The largest absolute Gasteiger partial charge is 0.573 e. The number of hydrogen-bond donors (Lipinski definition) is 0. The molecule has 3 aromatic heterocycles. The normalized spacial score (nSPS) is 15.7. The first kappa shape index (κ1) is 39.1. The molecular formula is C39H33F6N5O7. The van der Waals surface area contributed by atoms with Gasteiger partial charge in [0.1, 0.15) is 11.5 Å². The lowest BCUT2D eigenvalue weighted by Crippen LogP contribution is -2.29. The zero-order valence-corrected chi connectivity index (χ0v) is 30.1. The Bertz CT molecular complexity index is 2400. The third kappa shape index (κ3) is 9.80. The summed E-state index contributed by atoms with van der Waals surface area (Å²) < 4.78 is 99.2. The van der Waals surface area contributed by atoms with Gasteiger partial charge in [0.05, 0.1) is 18.7 Å². The van der Waals surface area contributed by atoms with Gasteiger partial charge in [-0.15, -0.1) is 36.5 Å². The van der Waals surface area contributed by atoms with Gasteiger partial charge in [0.25, 0.3) is 0 Å².